The van der Waals surface area contributed by atoms with E-state index in [0.29, 0.717) is 52.4 Å². The topological polar surface area (TPSA) is 90.0 Å². The lowest BCUT2D eigenvalue weighted by Crippen LogP contribution is -2.51. The molecule has 3 rings (SSSR count). The molecule has 1 saturated carbocycles. The Morgan fingerprint density at radius 3 is 2.17 bits per heavy atom. The summed E-state index contributed by atoms with van der Waals surface area (Å²) in [6, 6.07) is 6.65. The largest absolute Gasteiger partial charge is 0.351 e. The highest BCUT2D eigenvalue weighted by Gasteiger charge is 2.34. The van der Waals surface area contributed by atoms with Crippen LogP contribution < -0.4 is 5.32 Å². The lowest BCUT2D eigenvalue weighted by molar-refractivity contribution is -0.134. The molecule has 1 aromatic rings. The number of carbonyl (C=O) groups is 2. The van der Waals surface area contributed by atoms with E-state index in [1.807, 2.05) is 18.7 Å². The van der Waals surface area contributed by atoms with Crippen molar-refractivity contribution in [2.45, 2.75) is 38.1 Å². The normalized spacial score (nSPS) is 17.9. The molecule has 0 atom stereocenters. The second kappa shape index (κ2) is 9.89. The van der Waals surface area contributed by atoms with Crippen LogP contribution in [-0.2, 0) is 26.2 Å². The summed E-state index contributed by atoms with van der Waals surface area (Å²) in [6.45, 7) is 7.94. The van der Waals surface area contributed by atoms with Crippen molar-refractivity contribution in [3.05, 3.63) is 29.8 Å². The molecule has 1 aliphatic carbocycles. The van der Waals surface area contributed by atoms with Gasteiger partial charge in [0, 0.05) is 51.7 Å². The van der Waals surface area contributed by atoms with Crippen LogP contribution in [0.25, 0.3) is 0 Å². The Kier molecular flexibility index (Phi) is 7.49. The van der Waals surface area contributed by atoms with Crippen LogP contribution in [0.4, 0.5) is 0 Å². The number of amides is 2. The van der Waals surface area contributed by atoms with Gasteiger partial charge < -0.3 is 10.2 Å². The molecule has 1 aromatic carbocycles. The van der Waals surface area contributed by atoms with Crippen molar-refractivity contribution in [1.82, 2.24) is 19.4 Å². The number of hydrogen-bond donors (Lipinski definition) is 1. The van der Waals surface area contributed by atoms with Gasteiger partial charge in [-0.1, -0.05) is 26.0 Å². The maximum Gasteiger partial charge on any atom is 0.243 e. The van der Waals surface area contributed by atoms with Crippen molar-refractivity contribution in [1.29, 1.82) is 0 Å². The van der Waals surface area contributed by atoms with Crippen LogP contribution in [-0.4, -0.2) is 80.2 Å². The van der Waals surface area contributed by atoms with E-state index in [9.17, 15) is 18.0 Å². The van der Waals surface area contributed by atoms with Crippen molar-refractivity contribution in [3.8, 4) is 0 Å². The maximum atomic E-state index is 12.5. The third-order valence-corrected chi connectivity index (χ3v) is 7.80. The molecular weight excluding hydrogens is 404 g/mol. The fourth-order valence-corrected chi connectivity index (χ4v) is 5.12. The Morgan fingerprint density at radius 1 is 1.03 bits per heavy atom. The van der Waals surface area contributed by atoms with E-state index >= 15 is 0 Å². The van der Waals surface area contributed by atoms with Gasteiger partial charge >= 0.3 is 0 Å². The molecule has 1 heterocycles. The first-order valence-corrected chi connectivity index (χ1v) is 12.2. The second-order valence-corrected chi connectivity index (χ2v) is 9.82. The number of carbonyl (C=O) groups excluding carboxylic acids is 2. The van der Waals surface area contributed by atoms with Gasteiger partial charge in [0.25, 0.3) is 0 Å². The van der Waals surface area contributed by atoms with Crippen LogP contribution in [0.5, 0.6) is 0 Å². The summed E-state index contributed by atoms with van der Waals surface area (Å²) >= 11 is 0. The summed E-state index contributed by atoms with van der Waals surface area (Å²) in [6.07, 6.45) is 2.04. The molecule has 1 N–H and O–H groups in total. The number of piperazine rings is 1. The Labute approximate surface area is 179 Å². The zero-order valence-corrected chi connectivity index (χ0v) is 18.7. The van der Waals surface area contributed by atoms with Crippen molar-refractivity contribution >= 4 is 21.8 Å². The first kappa shape index (κ1) is 22.7. The van der Waals surface area contributed by atoms with Gasteiger partial charge in [-0.25, -0.2) is 8.42 Å². The number of nitrogens with one attached hydrogen (secondary N) is 1. The van der Waals surface area contributed by atoms with E-state index in [4.69, 9.17) is 0 Å². The van der Waals surface area contributed by atoms with Crippen molar-refractivity contribution in [2.24, 2.45) is 5.92 Å². The van der Waals surface area contributed by atoms with E-state index in [-0.39, 0.29) is 22.6 Å². The van der Waals surface area contributed by atoms with Crippen LogP contribution in [0, 0.1) is 5.92 Å². The average Bonchev–Trinajstić information content (AvgIpc) is 3.59. The molecule has 1 saturated heterocycles. The van der Waals surface area contributed by atoms with E-state index in [1.165, 1.54) is 4.31 Å². The molecule has 2 fully saturated rings. The SMILES string of the molecule is CCN(CC)S(=O)(=O)c1ccc(CNC(=O)CN2CCN(C(=O)C3CC3)CC2)cc1. The molecule has 8 nitrogen and oxygen atoms in total. The molecule has 9 heteroatoms. The Balaban J connectivity index is 1.43. The van der Waals surface area contributed by atoms with Gasteiger partial charge in [-0.05, 0) is 30.5 Å². The van der Waals surface area contributed by atoms with Crippen LogP contribution in [0.2, 0.25) is 0 Å². The molecule has 2 amide bonds. The number of benzene rings is 1. The molecule has 0 bridgehead atoms. The molecule has 0 aromatic heterocycles. The Bertz CT molecular complexity index is 840. The molecule has 166 valence electrons. The van der Waals surface area contributed by atoms with E-state index in [1.54, 1.807) is 24.3 Å². The van der Waals surface area contributed by atoms with Crippen LogP contribution in [0.3, 0.4) is 0 Å². The maximum absolute atomic E-state index is 12.5. The first-order chi connectivity index (χ1) is 14.3. The van der Waals surface area contributed by atoms with Gasteiger partial charge in [0.05, 0.1) is 11.4 Å². The fraction of sp³-hybridized carbons (Fsp3) is 0.619. The highest BCUT2D eigenvalue weighted by molar-refractivity contribution is 7.89. The molecular formula is C21H32N4O4S. The predicted molar refractivity (Wildman–Crippen MR) is 114 cm³/mol. The highest BCUT2D eigenvalue weighted by atomic mass is 32.2. The van der Waals surface area contributed by atoms with Crippen LogP contribution >= 0.6 is 0 Å². The molecule has 0 unspecified atom stereocenters. The molecule has 1 aliphatic heterocycles. The number of hydrogen-bond acceptors (Lipinski definition) is 5. The fourth-order valence-electron chi connectivity index (χ4n) is 3.67. The average molecular weight is 437 g/mol. The minimum Gasteiger partial charge on any atom is -0.351 e. The van der Waals surface area contributed by atoms with E-state index in [2.05, 4.69) is 10.2 Å². The van der Waals surface area contributed by atoms with E-state index < -0.39 is 10.0 Å². The number of sulfonamides is 1. The van der Waals surface area contributed by atoms with Gasteiger partial charge in [-0.3, -0.25) is 14.5 Å². The van der Waals surface area contributed by atoms with Gasteiger partial charge in [0.1, 0.15) is 0 Å². The molecule has 30 heavy (non-hydrogen) atoms. The number of rotatable bonds is 9. The molecule has 0 spiro atoms. The third kappa shape index (κ3) is 5.59. The molecule has 2 aliphatic rings. The smallest absolute Gasteiger partial charge is 0.243 e. The summed E-state index contributed by atoms with van der Waals surface area (Å²) in [5.74, 6) is 0.440. The van der Waals surface area contributed by atoms with Gasteiger partial charge in [0.2, 0.25) is 21.8 Å². The zero-order valence-electron chi connectivity index (χ0n) is 17.8. The minimum atomic E-state index is -3.47. The van der Waals surface area contributed by atoms with Crippen LogP contribution in [0.1, 0.15) is 32.3 Å². The summed E-state index contributed by atoms with van der Waals surface area (Å²) in [5, 5.41) is 2.89. The van der Waals surface area contributed by atoms with Crippen LogP contribution in [0.15, 0.2) is 29.2 Å². The van der Waals surface area contributed by atoms with Crippen molar-refractivity contribution in [2.75, 3.05) is 45.8 Å². The predicted octanol–water partition coefficient (Wildman–Crippen LogP) is 0.888. The van der Waals surface area contributed by atoms with Crippen molar-refractivity contribution < 1.29 is 18.0 Å². The minimum absolute atomic E-state index is 0.0724. The molecule has 0 radical (unpaired) electrons. The summed E-state index contributed by atoms with van der Waals surface area (Å²) in [7, 11) is -3.47. The summed E-state index contributed by atoms with van der Waals surface area (Å²) < 4.78 is 26.5. The third-order valence-electron chi connectivity index (χ3n) is 5.73. The summed E-state index contributed by atoms with van der Waals surface area (Å²) in [5.41, 5.74) is 0.849. The van der Waals surface area contributed by atoms with Gasteiger partial charge in [0.15, 0.2) is 0 Å². The zero-order chi connectivity index (χ0) is 21.7. The number of nitrogens with zero attached hydrogens (tertiary/aromatic N) is 3. The van der Waals surface area contributed by atoms with E-state index in [0.717, 1.165) is 18.4 Å². The highest BCUT2D eigenvalue weighted by Crippen LogP contribution is 2.31. The lowest BCUT2D eigenvalue weighted by Gasteiger charge is -2.34. The van der Waals surface area contributed by atoms with Crippen molar-refractivity contribution in [3.63, 3.8) is 0 Å². The second-order valence-electron chi connectivity index (χ2n) is 7.89. The Hall–Kier alpha value is -1.97. The lowest BCUT2D eigenvalue weighted by atomic mass is 10.2. The summed E-state index contributed by atoms with van der Waals surface area (Å²) in [4.78, 5) is 28.6. The first-order valence-electron chi connectivity index (χ1n) is 10.7. The van der Waals surface area contributed by atoms with Gasteiger partial charge in [-0.2, -0.15) is 4.31 Å². The monoisotopic (exact) mass is 436 g/mol. The quantitative estimate of drug-likeness (QED) is 0.621. The standard InChI is InChI=1S/C21H32N4O4S/c1-3-25(4-2)30(28,29)19-9-5-17(6-10-19)15-22-20(26)16-23-11-13-24(14-12-23)21(27)18-7-8-18/h5-6,9-10,18H,3-4,7-8,11-16H2,1-2H3,(H,22,26). The Morgan fingerprint density at radius 2 is 1.63 bits per heavy atom. The van der Waals surface area contributed by atoms with Gasteiger partial charge in [-0.15, -0.1) is 0 Å².